The minimum absolute atomic E-state index is 0. The van der Waals surface area contributed by atoms with Gasteiger partial charge in [-0.05, 0) is 56.1 Å². The summed E-state index contributed by atoms with van der Waals surface area (Å²) in [6, 6.07) is 6.07. The Bertz CT molecular complexity index is 385. The number of piperidine rings is 1. The molecule has 0 unspecified atom stereocenters. The molecule has 2 N–H and O–H groups in total. The van der Waals surface area contributed by atoms with E-state index in [9.17, 15) is 0 Å². The number of ether oxygens (including phenoxy) is 2. The van der Waals surface area contributed by atoms with Gasteiger partial charge in [0.25, 0.3) is 0 Å². The Labute approximate surface area is 127 Å². The lowest BCUT2D eigenvalue weighted by Gasteiger charge is -2.31. The van der Waals surface area contributed by atoms with Crippen molar-refractivity contribution >= 4 is 12.4 Å². The van der Waals surface area contributed by atoms with Gasteiger partial charge in [0.05, 0.1) is 14.2 Å². The summed E-state index contributed by atoms with van der Waals surface area (Å²) in [5.41, 5.74) is 6.96. The van der Waals surface area contributed by atoms with Gasteiger partial charge in [-0.25, -0.2) is 0 Å². The lowest BCUT2D eigenvalue weighted by atomic mass is 9.97. The number of hydrogen-bond donors (Lipinski definition) is 1. The molecule has 0 amide bonds. The van der Waals surface area contributed by atoms with Gasteiger partial charge in [0.15, 0.2) is 0 Å². The fourth-order valence-electron chi connectivity index (χ4n) is 2.60. The average molecular weight is 301 g/mol. The van der Waals surface area contributed by atoms with Crippen molar-refractivity contribution < 1.29 is 9.47 Å². The van der Waals surface area contributed by atoms with Crippen LogP contribution in [-0.4, -0.2) is 38.8 Å². The highest BCUT2D eigenvalue weighted by Crippen LogP contribution is 2.25. The van der Waals surface area contributed by atoms with Gasteiger partial charge in [-0.2, -0.15) is 0 Å². The van der Waals surface area contributed by atoms with Crippen molar-refractivity contribution in [3.8, 4) is 11.5 Å². The number of hydrogen-bond acceptors (Lipinski definition) is 4. The Hall–Kier alpha value is -0.970. The molecule has 0 aliphatic carbocycles. The molecule has 1 fully saturated rings. The molecule has 0 bridgehead atoms. The van der Waals surface area contributed by atoms with Crippen LogP contribution in [0.4, 0.5) is 0 Å². The number of methoxy groups -OCH3 is 2. The summed E-state index contributed by atoms with van der Waals surface area (Å²) in [5, 5.41) is 0. The molecule has 1 aliphatic heterocycles. The molecule has 114 valence electrons. The first kappa shape index (κ1) is 17.1. The third-order valence-electron chi connectivity index (χ3n) is 3.86. The Morgan fingerprint density at radius 3 is 2.10 bits per heavy atom. The smallest absolute Gasteiger partial charge is 0.122 e. The monoisotopic (exact) mass is 300 g/mol. The summed E-state index contributed by atoms with van der Waals surface area (Å²) in [6.45, 7) is 4.02. The summed E-state index contributed by atoms with van der Waals surface area (Å²) < 4.78 is 10.6. The SMILES string of the molecule is COc1cc(CN2CCC(CN)CC2)cc(OC)c1.Cl. The standard InChI is InChI=1S/C15H24N2O2.ClH/c1-18-14-7-13(8-15(9-14)19-2)11-17-5-3-12(10-16)4-6-17;/h7-9,12H,3-6,10-11,16H2,1-2H3;1H. The van der Waals surface area contributed by atoms with Gasteiger partial charge in [0, 0.05) is 12.6 Å². The van der Waals surface area contributed by atoms with E-state index >= 15 is 0 Å². The highest BCUT2D eigenvalue weighted by atomic mass is 35.5. The maximum Gasteiger partial charge on any atom is 0.122 e. The molecular weight excluding hydrogens is 276 g/mol. The van der Waals surface area contributed by atoms with Gasteiger partial charge >= 0.3 is 0 Å². The molecule has 1 aromatic rings. The van der Waals surface area contributed by atoms with Crippen LogP contribution in [-0.2, 0) is 6.54 Å². The zero-order valence-electron chi connectivity index (χ0n) is 12.3. The number of rotatable bonds is 5. The number of halogens is 1. The highest BCUT2D eigenvalue weighted by Gasteiger charge is 2.18. The molecule has 4 nitrogen and oxygen atoms in total. The van der Waals surface area contributed by atoms with Crippen molar-refractivity contribution in [2.24, 2.45) is 11.7 Å². The molecule has 1 aromatic carbocycles. The molecule has 5 heteroatoms. The first-order valence-corrected chi connectivity index (χ1v) is 6.89. The zero-order valence-corrected chi connectivity index (χ0v) is 13.1. The van der Waals surface area contributed by atoms with Gasteiger partial charge in [-0.3, -0.25) is 4.90 Å². The zero-order chi connectivity index (χ0) is 13.7. The third kappa shape index (κ3) is 4.54. The minimum atomic E-state index is 0. The predicted octanol–water partition coefficient (Wildman–Crippen LogP) is 2.30. The van der Waals surface area contributed by atoms with Gasteiger partial charge in [-0.1, -0.05) is 0 Å². The van der Waals surface area contributed by atoms with E-state index in [4.69, 9.17) is 15.2 Å². The second kappa shape index (κ2) is 8.35. The van der Waals surface area contributed by atoms with Crippen LogP contribution < -0.4 is 15.2 Å². The van der Waals surface area contributed by atoms with Crippen LogP contribution in [0.2, 0.25) is 0 Å². The summed E-state index contributed by atoms with van der Waals surface area (Å²) in [7, 11) is 3.37. The Kier molecular flexibility index (Phi) is 7.13. The van der Waals surface area contributed by atoms with E-state index in [1.165, 1.54) is 18.4 Å². The van der Waals surface area contributed by atoms with Crippen molar-refractivity contribution in [1.29, 1.82) is 0 Å². The summed E-state index contributed by atoms with van der Waals surface area (Å²) in [5.74, 6) is 2.41. The summed E-state index contributed by atoms with van der Waals surface area (Å²) in [6.07, 6.45) is 2.41. The molecule has 0 saturated carbocycles. The Morgan fingerprint density at radius 2 is 1.65 bits per heavy atom. The minimum Gasteiger partial charge on any atom is -0.497 e. The molecule has 0 spiro atoms. The average Bonchev–Trinajstić information content (AvgIpc) is 2.47. The van der Waals surface area contributed by atoms with Gasteiger partial charge in [-0.15, -0.1) is 12.4 Å². The van der Waals surface area contributed by atoms with E-state index in [-0.39, 0.29) is 12.4 Å². The van der Waals surface area contributed by atoms with Crippen molar-refractivity contribution in [3.05, 3.63) is 23.8 Å². The second-order valence-corrected chi connectivity index (χ2v) is 5.18. The van der Waals surface area contributed by atoms with Crippen LogP contribution in [0, 0.1) is 5.92 Å². The first-order chi connectivity index (χ1) is 9.25. The van der Waals surface area contributed by atoms with E-state index in [1.807, 2.05) is 6.07 Å². The van der Waals surface area contributed by atoms with Crippen LogP contribution in [0.3, 0.4) is 0 Å². The van der Waals surface area contributed by atoms with E-state index in [0.29, 0.717) is 5.92 Å². The van der Waals surface area contributed by atoms with E-state index in [1.54, 1.807) is 14.2 Å². The van der Waals surface area contributed by atoms with E-state index in [2.05, 4.69) is 17.0 Å². The topological polar surface area (TPSA) is 47.7 Å². The van der Waals surface area contributed by atoms with Crippen LogP contribution in [0.15, 0.2) is 18.2 Å². The number of nitrogens with two attached hydrogens (primary N) is 1. The maximum atomic E-state index is 5.73. The lowest BCUT2D eigenvalue weighted by Crippen LogP contribution is -2.35. The van der Waals surface area contributed by atoms with Crippen molar-refractivity contribution in [3.63, 3.8) is 0 Å². The summed E-state index contributed by atoms with van der Waals surface area (Å²) in [4.78, 5) is 2.47. The van der Waals surface area contributed by atoms with Crippen LogP contribution in [0.25, 0.3) is 0 Å². The van der Waals surface area contributed by atoms with E-state index < -0.39 is 0 Å². The Morgan fingerprint density at radius 1 is 1.10 bits per heavy atom. The predicted molar refractivity (Wildman–Crippen MR) is 83.8 cm³/mol. The lowest BCUT2D eigenvalue weighted by molar-refractivity contribution is 0.180. The molecule has 1 aliphatic rings. The van der Waals surface area contributed by atoms with Gasteiger partial charge in [0.1, 0.15) is 11.5 Å². The first-order valence-electron chi connectivity index (χ1n) is 6.89. The number of likely N-dealkylation sites (tertiary alicyclic amines) is 1. The normalized spacial score (nSPS) is 16.6. The molecule has 20 heavy (non-hydrogen) atoms. The molecule has 0 aromatic heterocycles. The quantitative estimate of drug-likeness (QED) is 0.906. The fraction of sp³-hybridized carbons (Fsp3) is 0.600. The number of benzene rings is 1. The number of nitrogens with zero attached hydrogens (tertiary/aromatic N) is 1. The largest absolute Gasteiger partial charge is 0.497 e. The van der Waals surface area contributed by atoms with Crippen molar-refractivity contribution in [1.82, 2.24) is 4.90 Å². The van der Waals surface area contributed by atoms with Crippen LogP contribution in [0.5, 0.6) is 11.5 Å². The van der Waals surface area contributed by atoms with Gasteiger partial charge in [0.2, 0.25) is 0 Å². The molecular formula is C15H25ClN2O2. The van der Waals surface area contributed by atoms with Crippen molar-refractivity contribution in [2.45, 2.75) is 19.4 Å². The van der Waals surface area contributed by atoms with Gasteiger partial charge < -0.3 is 15.2 Å². The van der Waals surface area contributed by atoms with Crippen LogP contribution >= 0.6 is 12.4 Å². The second-order valence-electron chi connectivity index (χ2n) is 5.18. The third-order valence-corrected chi connectivity index (χ3v) is 3.86. The van der Waals surface area contributed by atoms with E-state index in [0.717, 1.165) is 37.7 Å². The summed E-state index contributed by atoms with van der Waals surface area (Å²) >= 11 is 0. The molecule has 0 radical (unpaired) electrons. The van der Waals surface area contributed by atoms with Crippen LogP contribution in [0.1, 0.15) is 18.4 Å². The molecule has 1 saturated heterocycles. The Balaban J connectivity index is 0.00000200. The molecule has 2 rings (SSSR count). The fourth-order valence-corrected chi connectivity index (χ4v) is 2.60. The van der Waals surface area contributed by atoms with Crippen molar-refractivity contribution in [2.75, 3.05) is 33.9 Å². The molecule has 1 heterocycles. The maximum absolute atomic E-state index is 5.73. The molecule has 0 atom stereocenters. The highest BCUT2D eigenvalue weighted by molar-refractivity contribution is 5.85.